The van der Waals surface area contributed by atoms with Gasteiger partial charge in [-0.25, -0.2) is 0 Å². The van der Waals surface area contributed by atoms with Crippen LogP contribution < -0.4 is 9.64 Å². The Balaban J connectivity index is 1.66. The smallest absolute Gasteiger partial charge is 0.313 e. The number of hydrogen-bond acceptors (Lipinski definition) is 5. The van der Waals surface area contributed by atoms with E-state index in [2.05, 4.69) is 37.1 Å². The fraction of sp³-hybridized carbons (Fsp3) is 0.486. The summed E-state index contributed by atoms with van der Waals surface area (Å²) in [6.07, 6.45) is 10.8. The average Bonchev–Trinajstić information content (AvgIpc) is 3.84. The Kier molecular flexibility index (Phi) is 11.5. The summed E-state index contributed by atoms with van der Waals surface area (Å²) in [6, 6.07) is 12.3. The predicted octanol–water partition coefficient (Wildman–Crippen LogP) is 7.46. The molecule has 2 aromatic rings. The van der Waals surface area contributed by atoms with E-state index < -0.39 is 11.9 Å². The number of aryl methyl sites for hydroxylation is 1. The van der Waals surface area contributed by atoms with Crippen LogP contribution in [0.4, 0.5) is 5.69 Å². The van der Waals surface area contributed by atoms with Crippen LogP contribution in [0.3, 0.4) is 0 Å². The molecule has 2 unspecified atom stereocenters. The van der Waals surface area contributed by atoms with E-state index in [0.29, 0.717) is 13.2 Å². The Labute approximate surface area is 256 Å². The molecule has 7 heteroatoms. The maximum absolute atomic E-state index is 13.4. The van der Waals surface area contributed by atoms with Crippen molar-refractivity contribution in [2.75, 3.05) is 38.3 Å². The van der Waals surface area contributed by atoms with Gasteiger partial charge >= 0.3 is 5.97 Å². The Bertz CT molecular complexity index is 1260. The van der Waals surface area contributed by atoms with Crippen molar-refractivity contribution in [3.8, 4) is 5.75 Å². The number of ether oxygens (including phenoxy) is 2. The van der Waals surface area contributed by atoms with Gasteiger partial charge in [0.2, 0.25) is 5.91 Å². The van der Waals surface area contributed by atoms with Gasteiger partial charge in [0.05, 0.1) is 25.3 Å². The average molecular weight is 593 g/mol. The zero-order chi connectivity index (χ0) is 30.1. The summed E-state index contributed by atoms with van der Waals surface area (Å²) in [5, 5.41) is 0.752. The lowest BCUT2D eigenvalue weighted by Gasteiger charge is -2.29. The minimum atomic E-state index is -0.701. The molecule has 0 aromatic heterocycles. The van der Waals surface area contributed by atoms with Crippen molar-refractivity contribution in [1.82, 2.24) is 4.90 Å². The first-order valence-corrected chi connectivity index (χ1v) is 15.7. The first-order chi connectivity index (χ1) is 20.4. The fourth-order valence-electron chi connectivity index (χ4n) is 5.93. The molecule has 0 bridgehead atoms. The molecule has 4 rings (SSSR count). The predicted molar refractivity (Wildman–Crippen MR) is 171 cm³/mol. The van der Waals surface area contributed by atoms with E-state index in [1.54, 1.807) is 6.08 Å². The normalized spacial score (nSPS) is 16.9. The third-order valence-corrected chi connectivity index (χ3v) is 8.49. The topological polar surface area (TPSA) is 59.1 Å². The number of benzene rings is 2. The van der Waals surface area contributed by atoms with Gasteiger partial charge in [-0.3, -0.25) is 9.59 Å². The van der Waals surface area contributed by atoms with Crippen molar-refractivity contribution >= 4 is 29.2 Å². The third-order valence-electron chi connectivity index (χ3n) is 8.26. The van der Waals surface area contributed by atoms with Crippen LogP contribution in [0.25, 0.3) is 0 Å². The van der Waals surface area contributed by atoms with Crippen molar-refractivity contribution in [3.05, 3.63) is 83.4 Å². The van der Waals surface area contributed by atoms with Crippen molar-refractivity contribution in [1.29, 1.82) is 0 Å². The summed E-state index contributed by atoms with van der Waals surface area (Å²) in [5.74, 6) is -0.215. The van der Waals surface area contributed by atoms with Gasteiger partial charge in [-0.1, -0.05) is 49.2 Å². The van der Waals surface area contributed by atoms with E-state index in [1.807, 2.05) is 35.2 Å². The molecule has 1 aliphatic heterocycles. The number of carbonyl (C=O) groups excluding carboxylic acids is 2. The van der Waals surface area contributed by atoms with Crippen LogP contribution in [0.2, 0.25) is 5.02 Å². The number of esters is 1. The van der Waals surface area contributed by atoms with Gasteiger partial charge in [-0.05, 0) is 79.5 Å². The first kappa shape index (κ1) is 31.7. The Morgan fingerprint density at radius 2 is 1.98 bits per heavy atom. The van der Waals surface area contributed by atoms with E-state index in [1.165, 1.54) is 18.2 Å². The van der Waals surface area contributed by atoms with Crippen LogP contribution in [0.15, 0.2) is 61.7 Å². The minimum absolute atomic E-state index is 0.0495. The van der Waals surface area contributed by atoms with E-state index >= 15 is 0 Å². The van der Waals surface area contributed by atoms with Gasteiger partial charge in [-0.15, -0.1) is 13.2 Å². The second-order valence-electron chi connectivity index (χ2n) is 11.4. The molecule has 2 atom stereocenters. The quantitative estimate of drug-likeness (QED) is 0.122. The lowest BCUT2D eigenvalue weighted by Crippen LogP contribution is -2.35. The molecular weight excluding hydrogens is 548 g/mol. The van der Waals surface area contributed by atoms with E-state index in [9.17, 15) is 9.59 Å². The standard InChI is InChI=1S/C35H45ClN2O4/c1-5-8-9-10-19-37-23-27(30-16-13-28(36)20-25(30)11-6-2)24-42-33-17-12-26(21-32(33)37)31(35(40)41-4)22-34(39)38(18-7-3)29-14-15-29/h5,7,12-13,16-17,20-21,27,29,31H,1,3,6,8-11,14-15,18-19,22-24H2,2,4H3. The molecule has 0 saturated heterocycles. The summed E-state index contributed by atoms with van der Waals surface area (Å²) in [5.41, 5.74) is 4.25. The van der Waals surface area contributed by atoms with Crippen LogP contribution in [0.5, 0.6) is 5.75 Å². The molecule has 6 nitrogen and oxygen atoms in total. The lowest BCUT2D eigenvalue weighted by atomic mass is 9.91. The maximum atomic E-state index is 13.4. The summed E-state index contributed by atoms with van der Waals surface area (Å²) in [7, 11) is 1.38. The molecule has 0 N–H and O–H groups in total. The maximum Gasteiger partial charge on any atom is 0.313 e. The molecule has 1 heterocycles. The van der Waals surface area contributed by atoms with Crippen molar-refractivity contribution in [3.63, 3.8) is 0 Å². The van der Waals surface area contributed by atoms with Gasteiger partial charge in [-0.2, -0.15) is 0 Å². The third kappa shape index (κ3) is 7.97. The van der Waals surface area contributed by atoms with E-state index in [-0.39, 0.29) is 24.3 Å². The number of methoxy groups -OCH3 is 1. The highest BCUT2D eigenvalue weighted by atomic mass is 35.5. The number of amides is 1. The highest BCUT2D eigenvalue weighted by Crippen LogP contribution is 2.39. The number of rotatable bonds is 15. The zero-order valence-electron chi connectivity index (χ0n) is 25.2. The Morgan fingerprint density at radius 3 is 2.67 bits per heavy atom. The van der Waals surface area contributed by atoms with Crippen LogP contribution in [-0.2, 0) is 20.7 Å². The summed E-state index contributed by atoms with van der Waals surface area (Å²) >= 11 is 6.38. The van der Waals surface area contributed by atoms with Crippen molar-refractivity contribution in [2.45, 2.75) is 76.2 Å². The summed E-state index contributed by atoms with van der Waals surface area (Å²) < 4.78 is 11.7. The van der Waals surface area contributed by atoms with Gasteiger partial charge in [0.15, 0.2) is 0 Å². The number of fused-ring (bicyclic) bond motifs is 1. The van der Waals surface area contributed by atoms with Gasteiger partial charge in [0, 0.05) is 43.0 Å². The Hall–Kier alpha value is -3.25. The molecule has 1 amide bonds. The molecular formula is C35H45ClN2O4. The molecule has 42 heavy (non-hydrogen) atoms. The highest BCUT2D eigenvalue weighted by Gasteiger charge is 2.35. The molecule has 1 saturated carbocycles. The van der Waals surface area contributed by atoms with Gasteiger partial charge in [0.1, 0.15) is 5.75 Å². The molecule has 0 spiro atoms. The van der Waals surface area contributed by atoms with E-state index in [4.69, 9.17) is 21.1 Å². The molecule has 1 fully saturated rings. The molecule has 1 aliphatic carbocycles. The molecule has 0 radical (unpaired) electrons. The summed E-state index contributed by atoms with van der Waals surface area (Å²) in [4.78, 5) is 30.6. The lowest BCUT2D eigenvalue weighted by molar-refractivity contribution is -0.145. The minimum Gasteiger partial charge on any atom is -0.491 e. The highest BCUT2D eigenvalue weighted by molar-refractivity contribution is 6.30. The van der Waals surface area contributed by atoms with Crippen molar-refractivity contribution < 1.29 is 19.1 Å². The molecule has 2 aliphatic rings. The summed E-state index contributed by atoms with van der Waals surface area (Å²) in [6.45, 7) is 12.5. The zero-order valence-corrected chi connectivity index (χ0v) is 25.9. The number of hydrogen-bond donors (Lipinski definition) is 0. The number of halogens is 1. The SMILES string of the molecule is C=CCCCCN1CC(c2ccc(Cl)cc2CCC)COc2ccc(C(CC(=O)N(CC=C)C3CC3)C(=O)OC)cc21. The molecule has 226 valence electrons. The number of anilines is 1. The Morgan fingerprint density at radius 1 is 1.17 bits per heavy atom. The monoisotopic (exact) mass is 592 g/mol. The second kappa shape index (κ2) is 15.3. The van der Waals surface area contributed by atoms with Crippen LogP contribution >= 0.6 is 11.6 Å². The number of nitrogens with zero attached hydrogens (tertiary/aromatic N) is 2. The van der Waals surface area contributed by atoms with Crippen LogP contribution in [0, 0.1) is 0 Å². The van der Waals surface area contributed by atoms with Crippen LogP contribution in [0.1, 0.15) is 80.4 Å². The van der Waals surface area contributed by atoms with E-state index in [0.717, 1.165) is 80.1 Å². The largest absolute Gasteiger partial charge is 0.491 e. The fourth-order valence-corrected chi connectivity index (χ4v) is 6.12. The number of unbranched alkanes of at least 4 members (excludes halogenated alkanes) is 2. The second-order valence-corrected chi connectivity index (χ2v) is 11.8. The van der Waals surface area contributed by atoms with Crippen LogP contribution in [-0.4, -0.2) is 56.2 Å². The van der Waals surface area contributed by atoms with Gasteiger partial charge < -0.3 is 19.3 Å². The number of allylic oxidation sites excluding steroid dienone is 1. The van der Waals surface area contributed by atoms with Gasteiger partial charge in [0.25, 0.3) is 0 Å². The van der Waals surface area contributed by atoms with Crippen molar-refractivity contribution in [2.24, 2.45) is 0 Å². The first-order valence-electron chi connectivity index (χ1n) is 15.3. The number of carbonyl (C=O) groups is 2. The molecule has 2 aromatic carbocycles.